The SMILES string of the molecule is CCCNC(=O)CC1Oc2ccc(Cl)cc2NC1=O. The van der Waals surface area contributed by atoms with Gasteiger partial charge in [-0.05, 0) is 24.6 Å². The predicted octanol–water partition coefficient (Wildman–Crippen LogP) is 1.96. The van der Waals surface area contributed by atoms with Crippen LogP contribution < -0.4 is 15.4 Å². The first-order valence-electron chi connectivity index (χ1n) is 6.14. The van der Waals surface area contributed by atoms with Gasteiger partial charge >= 0.3 is 0 Å². The molecule has 1 atom stereocenters. The zero-order chi connectivity index (χ0) is 13.8. The minimum Gasteiger partial charge on any atom is -0.478 e. The van der Waals surface area contributed by atoms with E-state index in [4.69, 9.17) is 16.3 Å². The third-order valence-corrected chi connectivity index (χ3v) is 2.94. The summed E-state index contributed by atoms with van der Waals surface area (Å²) < 4.78 is 5.52. The molecule has 1 unspecified atom stereocenters. The van der Waals surface area contributed by atoms with Gasteiger partial charge < -0.3 is 15.4 Å². The first-order chi connectivity index (χ1) is 9.10. The summed E-state index contributed by atoms with van der Waals surface area (Å²) in [5, 5.41) is 5.91. The first kappa shape index (κ1) is 13.7. The lowest BCUT2D eigenvalue weighted by Gasteiger charge is -2.25. The Balaban J connectivity index is 2.03. The van der Waals surface area contributed by atoms with Gasteiger partial charge in [-0.1, -0.05) is 18.5 Å². The number of amides is 2. The van der Waals surface area contributed by atoms with Crippen LogP contribution in [0.3, 0.4) is 0 Å². The summed E-state index contributed by atoms with van der Waals surface area (Å²) >= 11 is 5.83. The zero-order valence-corrected chi connectivity index (χ0v) is 11.3. The molecule has 1 aliphatic rings. The van der Waals surface area contributed by atoms with Crippen molar-refractivity contribution in [2.75, 3.05) is 11.9 Å². The van der Waals surface area contributed by atoms with E-state index in [0.717, 1.165) is 6.42 Å². The molecule has 0 spiro atoms. The van der Waals surface area contributed by atoms with Crippen LogP contribution in [0.2, 0.25) is 5.02 Å². The fourth-order valence-corrected chi connectivity index (χ4v) is 1.93. The number of anilines is 1. The Labute approximate surface area is 116 Å². The number of hydrogen-bond acceptors (Lipinski definition) is 3. The lowest BCUT2D eigenvalue weighted by atomic mass is 10.1. The average molecular weight is 283 g/mol. The van der Waals surface area contributed by atoms with E-state index >= 15 is 0 Å². The van der Waals surface area contributed by atoms with Crippen molar-refractivity contribution in [3.05, 3.63) is 23.2 Å². The highest BCUT2D eigenvalue weighted by Crippen LogP contribution is 2.32. The van der Waals surface area contributed by atoms with Crippen molar-refractivity contribution in [2.24, 2.45) is 0 Å². The Morgan fingerprint density at radius 3 is 3.05 bits per heavy atom. The number of fused-ring (bicyclic) bond motifs is 1. The van der Waals surface area contributed by atoms with E-state index in [2.05, 4.69) is 10.6 Å². The fraction of sp³-hybridized carbons (Fsp3) is 0.385. The summed E-state index contributed by atoms with van der Waals surface area (Å²) in [4.78, 5) is 23.4. The molecule has 1 heterocycles. The minimum atomic E-state index is -0.800. The van der Waals surface area contributed by atoms with Gasteiger partial charge in [0.1, 0.15) is 5.75 Å². The summed E-state index contributed by atoms with van der Waals surface area (Å²) in [6.45, 7) is 2.56. The fourth-order valence-electron chi connectivity index (χ4n) is 1.76. The van der Waals surface area contributed by atoms with Crippen molar-refractivity contribution >= 4 is 29.1 Å². The van der Waals surface area contributed by atoms with Gasteiger partial charge in [-0.3, -0.25) is 9.59 Å². The average Bonchev–Trinajstić information content (AvgIpc) is 2.37. The summed E-state index contributed by atoms with van der Waals surface area (Å²) in [5.41, 5.74) is 0.530. The molecule has 0 radical (unpaired) electrons. The normalized spacial score (nSPS) is 17.2. The Morgan fingerprint density at radius 2 is 2.32 bits per heavy atom. The summed E-state index contributed by atoms with van der Waals surface area (Å²) in [7, 11) is 0. The quantitative estimate of drug-likeness (QED) is 0.887. The Morgan fingerprint density at radius 1 is 1.53 bits per heavy atom. The van der Waals surface area contributed by atoms with Crippen LogP contribution >= 0.6 is 11.6 Å². The third kappa shape index (κ3) is 3.38. The number of hydrogen-bond donors (Lipinski definition) is 2. The summed E-state index contributed by atoms with van der Waals surface area (Å²) in [5.74, 6) is -0.00174. The molecule has 0 aliphatic carbocycles. The van der Waals surface area contributed by atoms with Crippen molar-refractivity contribution in [3.63, 3.8) is 0 Å². The lowest BCUT2D eigenvalue weighted by molar-refractivity contribution is -0.130. The number of rotatable bonds is 4. The van der Waals surface area contributed by atoms with Crippen molar-refractivity contribution < 1.29 is 14.3 Å². The van der Waals surface area contributed by atoms with Crippen molar-refractivity contribution in [2.45, 2.75) is 25.9 Å². The second kappa shape index (κ2) is 5.93. The minimum absolute atomic E-state index is 0.00784. The van der Waals surface area contributed by atoms with Gasteiger partial charge in [0.05, 0.1) is 12.1 Å². The molecule has 1 aromatic rings. The molecule has 2 N–H and O–H groups in total. The van der Waals surface area contributed by atoms with Gasteiger partial charge in [0.15, 0.2) is 6.10 Å². The monoisotopic (exact) mass is 282 g/mol. The van der Waals surface area contributed by atoms with Gasteiger partial charge in [-0.2, -0.15) is 0 Å². The second-order valence-electron chi connectivity index (χ2n) is 4.29. The van der Waals surface area contributed by atoms with E-state index in [1.807, 2.05) is 6.92 Å². The van der Waals surface area contributed by atoms with E-state index in [1.54, 1.807) is 18.2 Å². The van der Waals surface area contributed by atoms with Crippen molar-refractivity contribution in [1.82, 2.24) is 5.32 Å². The van der Waals surface area contributed by atoms with Gasteiger partial charge in [-0.25, -0.2) is 0 Å². The molecular weight excluding hydrogens is 268 g/mol. The maximum absolute atomic E-state index is 11.8. The second-order valence-corrected chi connectivity index (χ2v) is 4.73. The van der Waals surface area contributed by atoms with Crippen LogP contribution in [0, 0.1) is 0 Å². The van der Waals surface area contributed by atoms with E-state index in [9.17, 15) is 9.59 Å². The number of ether oxygens (including phenoxy) is 1. The predicted molar refractivity (Wildman–Crippen MR) is 72.4 cm³/mol. The Kier molecular flexibility index (Phi) is 4.27. The molecule has 102 valence electrons. The van der Waals surface area contributed by atoms with Crippen LogP contribution in [-0.2, 0) is 9.59 Å². The molecule has 0 aromatic heterocycles. The van der Waals surface area contributed by atoms with Gasteiger partial charge in [0.2, 0.25) is 5.91 Å². The molecule has 0 fully saturated rings. The lowest BCUT2D eigenvalue weighted by Crippen LogP contribution is -2.41. The van der Waals surface area contributed by atoms with Crippen LogP contribution in [0.5, 0.6) is 5.75 Å². The highest BCUT2D eigenvalue weighted by Gasteiger charge is 2.29. The number of carbonyl (C=O) groups is 2. The maximum atomic E-state index is 11.8. The number of benzene rings is 1. The molecular formula is C13H15ClN2O3. The van der Waals surface area contributed by atoms with Crippen LogP contribution in [0.25, 0.3) is 0 Å². The smallest absolute Gasteiger partial charge is 0.266 e. The van der Waals surface area contributed by atoms with E-state index in [0.29, 0.717) is 23.0 Å². The van der Waals surface area contributed by atoms with Crippen LogP contribution in [-0.4, -0.2) is 24.5 Å². The molecule has 2 amide bonds. The Bertz CT molecular complexity index is 505. The topological polar surface area (TPSA) is 67.4 Å². The van der Waals surface area contributed by atoms with E-state index < -0.39 is 6.10 Å². The Hall–Kier alpha value is -1.75. The molecule has 6 heteroatoms. The van der Waals surface area contributed by atoms with E-state index in [1.165, 1.54) is 0 Å². The molecule has 0 saturated heterocycles. The highest BCUT2D eigenvalue weighted by atomic mass is 35.5. The maximum Gasteiger partial charge on any atom is 0.266 e. The van der Waals surface area contributed by atoms with Gasteiger partial charge in [-0.15, -0.1) is 0 Å². The molecule has 0 saturated carbocycles. The number of nitrogens with one attached hydrogen (secondary N) is 2. The molecule has 19 heavy (non-hydrogen) atoms. The van der Waals surface area contributed by atoms with Crippen molar-refractivity contribution in [1.29, 1.82) is 0 Å². The van der Waals surface area contributed by atoms with Crippen LogP contribution in [0.1, 0.15) is 19.8 Å². The molecule has 1 aliphatic heterocycles. The standard InChI is InChI=1S/C13H15ClN2O3/c1-2-5-15-12(17)7-11-13(18)16-9-6-8(14)3-4-10(9)19-11/h3-4,6,11H,2,5,7H2,1H3,(H,15,17)(H,16,18). The highest BCUT2D eigenvalue weighted by molar-refractivity contribution is 6.31. The molecule has 5 nitrogen and oxygen atoms in total. The van der Waals surface area contributed by atoms with Crippen LogP contribution in [0.15, 0.2) is 18.2 Å². The number of halogens is 1. The summed E-state index contributed by atoms with van der Waals surface area (Å²) in [6.07, 6.45) is 0.0594. The van der Waals surface area contributed by atoms with Gasteiger partial charge in [0.25, 0.3) is 5.91 Å². The molecule has 2 rings (SSSR count). The summed E-state index contributed by atoms with van der Waals surface area (Å²) in [6, 6.07) is 4.96. The molecule has 1 aromatic carbocycles. The van der Waals surface area contributed by atoms with Crippen LogP contribution in [0.4, 0.5) is 5.69 Å². The zero-order valence-electron chi connectivity index (χ0n) is 10.5. The van der Waals surface area contributed by atoms with Gasteiger partial charge in [0, 0.05) is 11.6 Å². The van der Waals surface area contributed by atoms with E-state index in [-0.39, 0.29) is 18.2 Å². The molecule has 0 bridgehead atoms. The number of carbonyl (C=O) groups excluding carboxylic acids is 2. The van der Waals surface area contributed by atoms with Crippen molar-refractivity contribution in [3.8, 4) is 5.75 Å². The largest absolute Gasteiger partial charge is 0.478 e. The third-order valence-electron chi connectivity index (χ3n) is 2.70. The first-order valence-corrected chi connectivity index (χ1v) is 6.51.